The smallest absolute Gasteiger partial charge is 0.0473 e. The molecule has 1 nitrogen and oxygen atoms in total. The molecule has 0 bridgehead atoms. The van der Waals surface area contributed by atoms with Gasteiger partial charge in [0.1, 0.15) is 0 Å². The Kier molecular flexibility index (Phi) is 7.65. The van der Waals surface area contributed by atoms with Crippen molar-refractivity contribution in [1.29, 1.82) is 0 Å². The maximum Gasteiger partial charge on any atom is 0.0473 e. The molecule has 0 fully saturated rings. The van der Waals surface area contributed by atoms with E-state index in [1.165, 1.54) is 25.7 Å². The van der Waals surface area contributed by atoms with E-state index >= 15 is 0 Å². The van der Waals surface area contributed by atoms with E-state index in [4.69, 9.17) is 0 Å². The second-order valence-corrected chi connectivity index (χ2v) is 3.47. The fourth-order valence-corrected chi connectivity index (χ4v) is 0.992. The van der Waals surface area contributed by atoms with Crippen molar-refractivity contribution in [2.75, 3.05) is 6.54 Å². The first kappa shape index (κ1) is 10.3. The van der Waals surface area contributed by atoms with E-state index in [1.54, 1.807) is 0 Å². The number of unbranched alkanes of at least 4 members (excludes halogenated alkanes) is 3. The highest BCUT2D eigenvalue weighted by Gasteiger charge is 1.90. The summed E-state index contributed by atoms with van der Waals surface area (Å²) in [7, 11) is 0. The SMILES string of the molecule is CCCCCCN[C@H](C)S. The second kappa shape index (κ2) is 7.42. The molecule has 0 saturated heterocycles. The minimum absolute atomic E-state index is 0.349. The maximum atomic E-state index is 4.21. The predicted octanol–water partition coefficient (Wildman–Crippen LogP) is 2.43. The molecule has 1 N–H and O–H groups in total. The monoisotopic (exact) mass is 161 g/mol. The first-order valence-corrected chi connectivity index (χ1v) is 4.70. The molecule has 0 radical (unpaired) electrons. The highest BCUT2D eigenvalue weighted by atomic mass is 32.1. The average molecular weight is 161 g/mol. The molecule has 1 atom stereocenters. The molecule has 0 aliphatic carbocycles. The minimum atomic E-state index is 0.349. The van der Waals surface area contributed by atoms with Crippen molar-refractivity contribution in [3.05, 3.63) is 0 Å². The fourth-order valence-electron chi connectivity index (χ4n) is 0.863. The molecule has 0 spiro atoms. The van der Waals surface area contributed by atoms with Gasteiger partial charge in [-0.2, -0.15) is 12.6 Å². The van der Waals surface area contributed by atoms with Crippen LogP contribution in [0.5, 0.6) is 0 Å². The largest absolute Gasteiger partial charge is 0.306 e. The van der Waals surface area contributed by atoms with Crippen LogP contribution in [0.3, 0.4) is 0 Å². The number of nitrogens with one attached hydrogen (secondary N) is 1. The van der Waals surface area contributed by atoms with Crippen LogP contribution in [0.2, 0.25) is 0 Å². The van der Waals surface area contributed by atoms with Gasteiger partial charge in [0.2, 0.25) is 0 Å². The summed E-state index contributed by atoms with van der Waals surface area (Å²) in [5, 5.41) is 3.62. The van der Waals surface area contributed by atoms with Crippen LogP contribution in [0, 0.1) is 0 Å². The minimum Gasteiger partial charge on any atom is -0.306 e. The molecular weight excluding hydrogens is 142 g/mol. The molecule has 0 aromatic heterocycles. The molecule has 0 unspecified atom stereocenters. The highest BCUT2D eigenvalue weighted by molar-refractivity contribution is 7.80. The third-order valence-electron chi connectivity index (χ3n) is 1.47. The van der Waals surface area contributed by atoms with E-state index in [0.29, 0.717) is 5.37 Å². The Bertz CT molecular complexity index is 64.3. The van der Waals surface area contributed by atoms with E-state index in [9.17, 15) is 0 Å². The van der Waals surface area contributed by atoms with Crippen molar-refractivity contribution >= 4 is 12.6 Å². The summed E-state index contributed by atoms with van der Waals surface area (Å²) >= 11 is 4.21. The molecule has 0 aliphatic heterocycles. The van der Waals surface area contributed by atoms with Gasteiger partial charge >= 0.3 is 0 Å². The van der Waals surface area contributed by atoms with Gasteiger partial charge in [-0.3, -0.25) is 0 Å². The molecule has 0 aromatic carbocycles. The molecular formula is C8H19NS. The van der Waals surface area contributed by atoms with Gasteiger partial charge in [0.05, 0.1) is 0 Å². The van der Waals surface area contributed by atoms with Crippen LogP contribution in [0.25, 0.3) is 0 Å². The van der Waals surface area contributed by atoms with Gasteiger partial charge in [-0.1, -0.05) is 26.2 Å². The van der Waals surface area contributed by atoms with Crippen LogP contribution in [0.1, 0.15) is 39.5 Å². The van der Waals surface area contributed by atoms with Crippen molar-refractivity contribution in [1.82, 2.24) is 5.32 Å². The van der Waals surface area contributed by atoms with Gasteiger partial charge in [-0.05, 0) is 19.9 Å². The third-order valence-corrected chi connectivity index (χ3v) is 1.65. The zero-order chi connectivity index (χ0) is 7.82. The van der Waals surface area contributed by atoms with Gasteiger partial charge in [0, 0.05) is 5.37 Å². The second-order valence-electron chi connectivity index (χ2n) is 2.69. The normalized spacial score (nSPS) is 13.5. The lowest BCUT2D eigenvalue weighted by molar-refractivity contribution is 0.598. The Labute approximate surface area is 70.0 Å². The Balaban J connectivity index is 2.77. The van der Waals surface area contributed by atoms with E-state index in [2.05, 4.69) is 31.8 Å². The van der Waals surface area contributed by atoms with Crippen LogP contribution in [-0.4, -0.2) is 11.9 Å². The summed E-state index contributed by atoms with van der Waals surface area (Å²) in [6, 6.07) is 0. The predicted molar refractivity (Wildman–Crippen MR) is 50.6 cm³/mol. The maximum absolute atomic E-state index is 4.21. The third kappa shape index (κ3) is 8.31. The Morgan fingerprint density at radius 2 is 2.00 bits per heavy atom. The molecule has 2 heteroatoms. The molecule has 0 aromatic rings. The molecule has 0 heterocycles. The van der Waals surface area contributed by atoms with Crippen molar-refractivity contribution in [3.8, 4) is 0 Å². The van der Waals surface area contributed by atoms with Crippen molar-refractivity contribution in [2.24, 2.45) is 0 Å². The summed E-state index contributed by atoms with van der Waals surface area (Å²) in [6.45, 7) is 5.41. The summed E-state index contributed by atoms with van der Waals surface area (Å²) in [4.78, 5) is 0. The fraction of sp³-hybridized carbons (Fsp3) is 1.00. The zero-order valence-corrected chi connectivity index (χ0v) is 7.95. The Hall–Kier alpha value is 0.310. The van der Waals surface area contributed by atoms with Crippen LogP contribution in [-0.2, 0) is 0 Å². The van der Waals surface area contributed by atoms with Crippen LogP contribution < -0.4 is 5.32 Å². The molecule has 0 aliphatic rings. The quantitative estimate of drug-likeness (QED) is 0.346. The number of hydrogen-bond donors (Lipinski definition) is 2. The zero-order valence-electron chi connectivity index (χ0n) is 7.06. The highest BCUT2D eigenvalue weighted by Crippen LogP contribution is 1.97. The summed E-state index contributed by atoms with van der Waals surface area (Å²) < 4.78 is 0. The molecule has 0 saturated carbocycles. The summed E-state index contributed by atoms with van der Waals surface area (Å²) in [5.74, 6) is 0. The summed E-state index contributed by atoms with van der Waals surface area (Å²) in [5.41, 5.74) is 0. The lowest BCUT2D eigenvalue weighted by atomic mass is 10.2. The molecule has 10 heavy (non-hydrogen) atoms. The van der Waals surface area contributed by atoms with Crippen molar-refractivity contribution in [3.63, 3.8) is 0 Å². The van der Waals surface area contributed by atoms with Gasteiger partial charge < -0.3 is 5.32 Å². The van der Waals surface area contributed by atoms with Crippen LogP contribution in [0.15, 0.2) is 0 Å². The molecule has 62 valence electrons. The lowest BCUT2D eigenvalue weighted by Crippen LogP contribution is -2.21. The van der Waals surface area contributed by atoms with Crippen molar-refractivity contribution < 1.29 is 0 Å². The first-order valence-electron chi connectivity index (χ1n) is 4.18. The Morgan fingerprint density at radius 3 is 2.50 bits per heavy atom. The first-order chi connectivity index (χ1) is 4.77. The standard InChI is InChI=1S/C8H19NS/c1-3-4-5-6-7-9-8(2)10/h8-10H,3-7H2,1-2H3/t8-/m0/s1. The molecule has 0 rings (SSSR count). The molecule has 0 amide bonds. The van der Waals surface area contributed by atoms with Crippen molar-refractivity contribution in [2.45, 2.75) is 44.9 Å². The van der Waals surface area contributed by atoms with E-state index in [1.807, 2.05) is 0 Å². The number of hydrogen-bond acceptors (Lipinski definition) is 2. The van der Waals surface area contributed by atoms with E-state index < -0.39 is 0 Å². The number of thiol groups is 1. The lowest BCUT2D eigenvalue weighted by Gasteiger charge is -2.05. The van der Waals surface area contributed by atoms with E-state index in [0.717, 1.165) is 6.54 Å². The topological polar surface area (TPSA) is 12.0 Å². The van der Waals surface area contributed by atoms with Crippen LogP contribution in [0.4, 0.5) is 0 Å². The summed E-state index contributed by atoms with van der Waals surface area (Å²) in [6.07, 6.45) is 5.32. The number of rotatable bonds is 6. The van der Waals surface area contributed by atoms with Gasteiger partial charge in [-0.15, -0.1) is 0 Å². The van der Waals surface area contributed by atoms with Gasteiger partial charge in [0.25, 0.3) is 0 Å². The van der Waals surface area contributed by atoms with E-state index in [-0.39, 0.29) is 0 Å². The Morgan fingerprint density at radius 1 is 1.30 bits per heavy atom. The average Bonchev–Trinajstić information content (AvgIpc) is 1.87. The van der Waals surface area contributed by atoms with Gasteiger partial charge in [0.15, 0.2) is 0 Å². The van der Waals surface area contributed by atoms with Gasteiger partial charge in [-0.25, -0.2) is 0 Å². The van der Waals surface area contributed by atoms with Crippen LogP contribution >= 0.6 is 12.6 Å².